The van der Waals surface area contributed by atoms with Gasteiger partial charge in [0.05, 0.1) is 11.0 Å². The maximum Gasteiger partial charge on any atom is 0.240 e. The molecule has 3 rings (SSSR count). The molecule has 1 atom stereocenters. The first kappa shape index (κ1) is 20.4. The number of nitrogens with one attached hydrogen (secondary N) is 1. The van der Waals surface area contributed by atoms with Crippen molar-refractivity contribution in [3.8, 4) is 17.2 Å². The largest absolute Gasteiger partial charge is 0.491 e. The fourth-order valence-corrected chi connectivity index (χ4v) is 4.00. The van der Waals surface area contributed by atoms with Crippen LogP contribution in [-0.2, 0) is 10.0 Å². The number of nitrogens with zero attached hydrogens (tertiary/aromatic N) is 1. The monoisotopic (exact) mass is 406 g/mol. The minimum atomic E-state index is -3.64. The molecule has 2 aromatic carbocycles. The predicted octanol–water partition coefficient (Wildman–Crippen LogP) is 2.78. The smallest absolute Gasteiger partial charge is 0.240 e. The molecule has 1 aliphatic heterocycles. The minimum Gasteiger partial charge on any atom is -0.491 e. The van der Waals surface area contributed by atoms with Crippen LogP contribution >= 0.6 is 0 Å². The summed E-state index contributed by atoms with van der Waals surface area (Å²) in [5.41, 5.74) is 0.942. The maximum absolute atomic E-state index is 12.7. The fourth-order valence-electron chi connectivity index (χ4n) is 2.96. The van der Waals surface area contributed by atoms with Gasteiger partial charge in [0.25, 0.3) is 0 Å². The molecule has 28 heavy (non-hydrogen) atoms. The summed E-state index contributed by atoms with van der Waals surface area (Å²) < 4.78 is 44.4. The molecule has 0 spiro atoms. The first-order chi connectivity index (χ1) is 13.3. The van der Waals surface area contributed by atoms with Crippen molar-refractivity contribution in [3.05, 3.63) is 48.0 Å². The third-order valence-corrected chi connectivity index (χ3v) is 5.82. The van der Waals surface area contributed by atoms with Crippen molar-refractivity contribution in [2.24, 2.45) is 0 Å². The number of hydrogen-bond acceptors (Lipinski definition) is 6. The zero-order valence-electron chi connectivity index (χ0n) is 16.5. The zero-order chi connectivity index (χ0) is 20.3. The second-order valence-electron chi connectivity index (χ2n) is 7.08. The van der Waals surface area contributed by atoms with Crippen LogP contribution in [-0.4, -0.2) is 46.9 Å². The van der Waals surface area contributed by atoms with Gasteiger partial charge in [0, 0.05) is 12.6 Å². The van der Waals surface area contributed by atoms with E-state index < -0.39 is 10.0 Å². The lowest BCUT2D eigenvalue weighted by molar-refractivity contribution is 0.174. The van der Waals surface area contributed by atoms with Crippen molar-refractivity contribution in [1.29, 1.82) is 0 Å². The third-order valence-electron chi connectivity index (χ3n) is 4.38. The fraction of sp³-hybridized carbons (Fsp3) is 0.400. The first-order valence-corrected chi connectivity index (χ1v) is 10.6. The van der Waals surface area contributed by atoms with Crippen LogP contribution in [0.3, 0.4) is 0 Å². The van der Waals surface area contributed by atoms with E-state index in [2.05, 4.69) is 4.72 Å². The van der Waals surface area contributed by atoms with Crippen LogP contribution in [0.15, 0.2) is 47.4 Å². The highest BCUT2D eigenvalue weighted by molar-refractivity contribution is 7.89. The number of hydrogen-bond donors (Lipinski definition) is 1. The Balaban J connectivity index is 1.72. The number of ether oxygens (including phenoxy) is 3. The lowest BCUT2D eigenvalue weighted by Crippen LogP contribution is -2.34. The van der Waals surface area contributed by atoms with Gasteiger partial charge in [-0.15, -0.1) is 0 Å². The van der Waals surface area contributed by atoms with Crippen LogP contribution in [0.2, 0.25) is 0 Å². The Bertz CT molecular complexity index is 911. The lowest BCUT2D eigenvalue weighted by atomic mass is 10.1. The molecule has 1 heterocycles. The third kappa shape index (κ3) is 4.76. The SMILES string of the molecule is CC(C)Oc1ccc(S(=O)(=O)NC[C@@H](c2ccc3c(c2)OCO3)N(C)C)cc1. The molecule has 1 N–H and O–H groups in total. The molecule has 0 fully saturated rings. The first-order valence-electron chi connectivity index (χ1n) is 9.08. The highest BCUT2D eigenvalue weighted by atomic mass is 32.2. The van der Waals surface area contributed by atoms with Gasteiger partial charge in [0.1, 0.15) is 5.75 Å². The van der Waals surface area contributed by atoms with Crippen LogP contribution in [0, 0.1) is 0 Å². The van der Waals surface area contributed by atoms with Crippen molar-refractivity contribution in [3.63, 3.8) is 0 Å². The van der Waals surface area contributed by atoms with Gasteiger partial charge in [-0.3, -0.25) is 0 Å². The Hall–Kier alpha value is -2.29. The van der Waals surface area contributed by atoms with Gasteiger partial charge in [0.15, 0.2) is 11.5 Å². The van der Waals surface area contributed by atoms with Gasteiger partial charge < -0.3 is 19.1 Å². The number of benzene rings is 2. The van der Waals surface area contributed by atoms with Crippen LogP contribution in [0.4, 0.5) is 0 Å². The second-order valence-corrected chi connectivity index (χ2v) is 8.85. The van der Waals surface area contributed by atoms with Gasteiger partial charge in [-0.2, -0.15) is 0 Å². The van der Waals surface area contributed by atoms with E-state index in [9.17, 15) is 8.42 Å². The van der Waals surface area contributed by atoms with E-state index in [1.54, 1.807) is 24.3 Å². The zero-order valence-corrected chi connectivity index (χ0v) is 17.3. The molecular weight excluding hydrogens is 380 g/mol. The van der Waals surface area contributed by atoms with Gasteiger partial charge in [-0.25, -0.2) is 13.1 Å². The van der Waals surface area contributed by atoms with Crippen LogP contribution in [0.25, 0.3) is 0 Å². The van der Waals surface area contributed by atoms with Crippen molar-refractivity contribution < 1.29 is 22.6 Å². The van der Waals surface area contributed by atoms with E-state index in [1.807, 2.05) is 51.0 Å². The Morgan fingerprint density at radius 3 is 2.39 bits per heavy atom. The van der Waals surface area contributed by atoms with Crippen LogP contribution < -0.4 is 18.9 Å². The highest BCUT2D eigenvalue weighted by Gasteiger charge is 2.22. The summed E-state index contributed by atoms with van der Waals surface area (Å²) in [6.45, 7) is 4.27. The number of sulfonamides is 1. The Morgan fingerprint density at radius 1 is 1.07 bits per heavy atom. The number of rotatable bonds is 8. The van der Waals surface area contributed by atoms with E-state index in [0.717, 1.165) is 5.56 Å². The summed E-state index contributed by atoms with van der Waals surface area (Å²) in [7, 11) is 0.167. The van der Waals surface area contributed by atoms with Crippen LogP contribution in [0.5, 0.6) is 17.2 Å². The summed E-state index contributed by atoms with van der Waals surface area (Å²) in [6, 6.07) is 11.9. The Labute approximate surface area is 166 Å². The number of likely N-dealkylation sites (N-methyl/N-ethyl adjacent to an activating group) is 1. The number of fused-ring (bicyclic) bond motifs is 1. The molecule has 0 saturated carbocycles. The average Bonchev–Trinajstić information content (AvgIpc) is 3.09. The standard InChI is InChI=1S/C20H26N2O5S/c1-14(2)27-16-6-8-17(9-7-16)28(23,24)21-12-18(22(3)4)15-5-10-19-20(11-15)26-13-25-19/h5-11,14,18,21H,12-13H2,1-4H3/t18-/m0/s1. The van der Waals surface area contributed by atoms with Gasteiger partial charge in [0.2, 0.25) is 16.8 Å². The van der Waals surface area contributed by atoms with E-state index >= 15 is 0 Å². The van der Waals surface area contributed by atoms with Gasteiger partial charge >= 0.3 is 0 Å². The molecule has 0 saturated heterocycles. The van der Waals surface area contributed by atoms with Crippen molar-refractivity contribution in [2.75, 3.05) is 27.4 Å². The molecule has 0 unspecified atom stereocenters. The molecule has 1 aliphatic rings. The normalized spacial score (nSPS) is 14.5. The molecule has 0 aliphatic carbocycles. The molecule has 0 radical (unpaired) electrons. The molecule has 0 amide bonds. The highest BCUT2D eigenvalue weighted by Crippen LogP contribution is 2.35. The lowest BCUT2D eigenvalue weighted by Gasteiger charge is -2.25. The van der Waals surface area contributed by atoms with E-state index in [-0.39, 0.29) is 30.4 Å². The van der Waals surface area contributed by atoms with E-state index in [0.29, 0.717) is 17.2 Å². The quantitative estimate of drug-likeness (QED) is 0.726. The maximum atomic E-state index is 12.7. The summed E-state index contributed by atoms with van der Waals surface area (Å²) in [6.07, 6.45) is 0.0307. The second kappa shape index (κ2) is 8.38. The summed E-state index contributed by atoms with van der Waals surface area (Å²) >= 11 is 0. The van der Waals surface area contributed by atoms with E-state index in [4.69, 9.17) is 14.2 Å². The van der Waals surface area contributed by atoms with Gasteiger partial charge in [-0.05, 0) is 69.9 Å². The molecule has 0 aromatic heterocycles. The molecule has 0 bridgehead atoms. The summed E-state index contributed by atoms with van der Waals surface area (Å²) in [5, 5.41) is 0. The van der Waals surface area contributed by atoms with Crippen molar-refractivity contribution in [2.45, 2.75) is 30.9 Å². The average molecular weight is 407 g/mol. The topological polar surface area (TPSA) is 77.1 Å². The van der Waals surface area contributed by atoms with Crippen molar-refractivity contribution in [1.82, 2.24) is 9.62 Å². The molecule has 152 valence electrons. The summed E-state index contributed by atoms with van der Waals surface area (Å²) in [4.78, 5) is 2.16. The van der Waals surface area contributed by atoms with E-state index in [1.165, 1.54) is 0 Å². The van der Waals surface area contributed by atoms with Crippen LogP contribution in [0.1, 0.15) is 25.5 Å². The van der Waals surface area contributed by atoms with Crippen molar-refractivity contribution >= 4 is 10.0 Å². The molecule has 8 heteroatoms. The Morgan fingerprint density at radius 2 is 1.75 bits per heavy atom. The predicted molar refractivity (Wildman–Crippen MR) is 106 cm³/mol. The molecular formula is C20H26N2O5S. The Kier molecular flexibility index (Phi) is 6.12. The molecule has 2 aromatic rings. The summed E-state index contributed by atoms with van der Waals surface area (Å²) in [5.74, 6) is 2.01. The minimum absolute atomic E-state index is 0.0307. The molecule has 7 nitrogen and oxygen atoms in total. The van der Waals surface area contributed by atoms with Gasteiger partial charge in [-0.1, -0.05) is 6.07 Å².